The van der Waals surface area contributed by atoms with Gasteiger partial charge in [0.25, 0.3) is 0 Å². The Hall–Kier alpha value is -2.60. The van der Waals surface area contributed by atoms with Crippen LogP contribution >= 0.6 is 0 Å². The Morgan fingerprint density at radius 1 is 1.14 bits per heavy atom. The van der Waals surface area contributed by atoms with E-state index >= 15 is 4.39 Å². The van der Waals surface area contributed by atoms with Gasteiger partial charge in [-0.2, -0.15) is 0 Å². The minimum atomic E-state index is -1.99. The minimum absolute atomic E-state index is 0.0126. The summed E-state index contributed by atoms with van der Waals surface area (Å²) in [6.45, 7) is 6.98. The molecule has 4 aliphatic rings. The molecule has 6 heteroatoms. The zero-order valence-corrected chi connectivity index (χ0v) is 20.7. The Labute approximate surface area is 205 Å². The van der Waals surface area contributed by atoms with Crippen molar-refractivity contribution in [3.05, 3.63) is 59.7 Å². The molecule has 0 aliphatic heterocycles. The van der Waals surface area contributed by atoms with Crippen molar-refractivity contribution < 1.29 is 28.6 Å². The summed E-state index contributed by atoms with van der Waals surface area (Å²) in [5.74, 6) is -2.18. The van der Waals surface area contributed by atoms with Crippen molar-refractivity contribution in [2.24, 2.45) is 28.6 Å². The molecule has 1 aromatic carbocycles. The van der Waals surface area contributed by atoms with Crippen LogP contribution in [-0.2, 0) is 14.3 Å². The van der Waals surface area contributed by atoms with Gasteiger partial charge in [-0.15, -0.1) is 0 Å². The van der Waals surface area contributed by atoms with E-state index in [1.54, 1.807) is 43.3 Å². The average Bonchev–Trinajstić information content (AvgIpc) is 3.03. The third kappa shape index (κ3) is 2.92. The van der Waals surface area contributed by atoms with Crippen LogP contribution in [0.25, 0.3) is 0 Å². The third-order valence-corrected chi connectivity index (χ3v) is 9.97. The lowest BCUT2D eigenvalue weighted by Crippen LogP contribution is -2.69. The molecule has 186 valence electrons. The molecule has 5 nitrogen and oxygen atoms in total. The van der Waals surface area contributed by atoms with Gasteiger partial charge in [-0.1, -0.05) is 43.7 Å². The highest BCUT2D eigenvalue weighted by molar-refractivity contribution is 6.01. The number of ether oxygens (including phenoxy) is 1. The number of Topliss-reactive ketones (excluding diaryl/α,β-unsaturated/α-hetero) is 1. The molecule has 8 atom stereocenters. The summed E-state index contributed by atoms with van der Waals surface area (Å²) in [5.41, 5.74) is -4.44. The van der Waals surface area contributed by atoms with Crippen molar-refractivity contribution in [2.45, 2.75) is 70.8 Å². The molecule has 1 N–H and O–H groups in total. The van der Waals surface area contributed by atoms with E-state index in [1.165, 1.54) is 19.1 Å². The van der Waals surface area contributed by atoms with Gasteiger partial charge in [-0.05, 0) is 69.7 Å². The Morgan fingerprint density at radius 3 is 2.49 bits per heavy atom. The van der Waals surface area contributed by atoms with Gasteiger partial charge in [-0.3, -0.25) is 9.59 Å². The van der Waals surface area contributed by atoms with Crippen molar-refractivity contribution >= 4 is 17.5 Å². The normalized spacial score (nSPS) is 44.1. The SMILES string of the molecule is CC(=O)[C@]1(OC(=O)c2ccccc2)[C@H](C)C[C@H]2[C@@H]3CCC4=CC(=O)C=C[C@]4(C)[C@@]3(F)[C@@H](O)C[C@@]21C. The number of esters is 1. The van der Waals surface area contributed by atoms with Crippen LogP contribution in [0, 0.1) is 28.6 Å². The molecule has 0 aromatic heterocycles. The maximum atomic E-state index is 17.3. The quantitative estimate of drug-likeness (QED) is 0.630. The number of alkyl halides is 1. The molecule has 0 radical (unpaired) electrons. The monoisotopic (exact) mass is 480 g/mol. The fourth-order valence-corrected chi connectivity index (χ4v) is 8.35. The van der Waals surface area contributed by atoms with Crippen LogP contribution in [0.3, 0.4) is 0 Å². The molecular weight excluding hydrogens is 447 g/mol. The molecule has 0 heterocycles. The second kappa shape index (κ2) is 7.70. The fraction of sp³-hybridized carbons (Fsp3) is 0.552. The summed E-state index contributed by atoms with van der Waals surface area (Å²) in [6.07, 6.45) is 4.65. The molecular formula is C29H33FO5. The third-order valence-electron chi connectivity index (χ3n) is 9.97. The maximum Gasteiger partial charge on any atom is 0.339 e. The minimum Gasteiger partial charge on any atom is -0.447 e. The molecule has 0 amide bonds. The molecule has 0 saturated heterocycles. The van der Waals surface area contributed by atoms with Gasteiger partial charge in [-0.25, -0.2) is 9.18 Å². The largest absolute Gasteiger partial charge is 0.447 e. The van der Waals surface area contributed by atoms with Crippen molar-refractivity contribution in [3.8, 4) is 0 Å². The molecule has 0 bridgehead atoms. The van der Waals surface area contributed by atoms with Crippen molar-refractivity contribution in [1.29, 1.82) is 0 Å². The molecule has 3 fully saturated rings. The van der Waals surface area contributed by atoms with E-state index in [0.29, 0.717) is 30.4 Å². The molecule has 35 heavy (non-hydrogen) atoms. The van der Waals surface area contributed by atoms with Crippen LogP contribution in [0.2, 0.25) is 0 Å². The van der Waals surface area contributed by atoms with Gasteiger partial charge in [0.05, 0.1) is 11.7 Å². The highest BCUT2D eigenvalue weighted by atomic mass is 19.1. The average molecular weight is 481 g/mol. The Kier molecular flexibility index (Phi) is 5.30. The standard InChI is InChI=1S/C29H33FO5/c1-17-14-23-22-11-10-20-15-21(32)12-13-26(20,3)28(22,30)24(33)16-27(23,4)29(17,18(2)31)35-25(34)19-8-6-5-7-9-19/h5-9,12-13,15,17,22-24,33H,10-11,14,16H2,1-4H3/t17-,22+,23+,24+,26+,27+,28+,29-/m1/s1. The number of aliphatic hydroxyl groups excluding tert-OH is 1. The summed E-state index contributed by atoms with van der Waals surface area (Å²) >= 11 is 0. The highest BCUT2D eigenvalue weighted by Gasteiger charge is 2.76. The van der Waals surface area contributed by atoms with Gasteiger partial charge < -0.3 is 9.84 Å². The molecule has 4 aliphatic carbocycles. The molecule has 3 saturated carbocycles. The number of allylic oxidation sites excluding steroid dienone is 4. The van der Waals surface area contributed by atoms with Crippen LogP contribution in [0.4, 0.5) is 4.39 Å². The van der Waals surface area contributed by atoms with Crippen molar-refractivity contribution in [2.75, 3.05) is 0 Å². The van der Waals surface area contributed by atoms with E-state index in [4.69, 9.17) is 4.74 Å². The second-order valence-electron chi connectivity index (χ2n) is 11.4. The Balaban J connectivity index is 1.59. The van der Waals surface area contributed by atoms with Crippen LogP contribution in [0.5, 0.6) is 0 Å². The number of halogens is 1. The van der Waals surface area contributed by atoms with Crippen LogP contribution in [0.1, 0.15) is 63.7 Å². The zero-order chi connectivity index (χ0) is 25.4. The topological polar surface area (TPSA) is 80.7 Å². The lowest BCUT2D eigenvalue weighted by molar-refractivity contribution is -0.218. The Morgan fingerprint density at radius 2 is 1.83 bits per heavy atom. The maximum absolute atomic E-state index is 17.3. The van der Waals surface area contributed by atoms with Crippen LogP contribution in [-0.4, -0.2) is 40.0 Å². The van der Waals surface area contributed by atoms with Crippen LogP contribution < -0.4 is 0 Å². The lowest BCUT2D eigenvalue weighted by Gasteiger charge is -2.62. The zero-order valence-electron chi connectivity index (χ0n) is 20.7. The molecule has 0 unspecified atom stereocenters. The van der Waals surface area contributed by atoms with E-state index < -0.39 is 40.1 Å². The number of rotatable bonds is 3. The number of fused-ring (bicyclic) bond motifs is 5. The van der Waals surface area contributed by atoms with E-state index in [0.717, 1.165) is 0 Å². The predicted octanol–water partition coefficient (Wildman–Crippen LogP) is 4.79. The van der Waals surface area contributed by atoms with Crippen molar-refractivity contribution in [1.82, 2.24) is 0 Å². The predicted molar refractivity (Wildman–Crippen MR) is 128 cm³/mol. The summed E-state index contributed by atoms with van der Waals surface area (Å²) in [6, 6.07) is 8.55. The number of carbonyl (C=O) groups excluding carboxylic acids is 3. The number of hydrogen-bond acceptors (Lipinski definition) is 5. The van der Waals surface area contributed by atoms with E-state index in [1.807, 2.05) is 13.8 Å². The lowest BCUT2D eigenvalue weighted by atomic mass is 9.44. The first-order valence-electron chi connectivity index (χ1n) is 12.5. The smallest absolute Gasteiger partial charge is 0.339 e. The van der Waals surface area contributed by atoms with Crippen molar-refractivity contribution in [3.63, 3.8) is 0 Å². The second-order valence-corrected chi connectivity index (χ2v) is 11.4. The first-order valence-corrected chi connectivity index (χ1v) is 12.5. The number of benzene rings is 1. The Bertz CT molecular complexity index is 1160. The number of aliphatic hydroxyl groups is 1. The molecule has 1 aromatic rings. The van der Waals surface area contributed by atoms with Gasteiger partial charge in [0.2, 0.25) is 0 Å². The molecule has 0 spiro atoms. The highest BCUT2D eigenvalue weighted by Crippen LogP contribution is 2.71. The summed E-state index contributed by atoms with van der Waals surface area (Å²) in [4.78, 5) is 38.6. The summed E-state index contributed by atoms with van der Waals surface area (Å²) in [7, 11) is 0. The first-order chi connectivity index (χ1) is 16.4. The van der Waals surface area contributed by atoms with Crippen LogP contribution in [0.15, 0.2) is 54.1 Å². The van der Waals surface area contributed by atoms with Gasteiger partial charge >= 0.3 is 5.97 Å². The fourth-order valence-electron chi connectivity index (χ4n) is 8.35. The van der Waals surface area contributed by atoms with E-state index in [-0.39, 0.29) is 29.8 Å². The first kappa shape index (κ1) is 24.1. The summed E-state index contributed by atoms with van der Waals surface area (Å²) < 4.78 is 23.5. The number of ketones is 2. The van der Waals surface area contributed by atoms with E-state index in [2.05, 4.69) is 0 Å². The van der Waals surface area contributed by atoms with Gasteiger partial charge in [0.15, 0.2) is 22.8 Å². The summed E-state index contributed by atoms with van der Waals surface area (Å²) in [5, 5.41) is 11.5. The van der Waals surface area contributed by atoms with Gasteiger partial charge in [0, 0.05) is 22.7 Å². The number of hydrogen-bond donors (Lipinski definition) is 1. The van der Waals surface area contributed by atoms with E-state index in [9.17, 15) is 19.5 Å². The molecule has 5 rings (SSSR count). The number of carbonyl (C=O) groups is 3. The van der Waals surface area contributed by atoms with Gasteiger partial charge in [0.1, 0.15) is 0 Å².